The number of hydrazone groups is 1. The monoisotopic (exact) mass is 352 g/mol. The van der Waals surface area contributed by atoms with E-state index in [1.54, 1.807) is 0 Å². The summed E-state index contributed by atoms with van der Waals surface area (Å²) in [5, 5.41) is 8.22. The first-order valence-electron chi connectivity index (χ1n) is 8.65. The molecular weight excluding hydrogens is 328 g/mol. The zero-order valence-electron chi connectivity index (χ0n) is 14.5. The number of hydrogen-bond acceptors (Lipinski definition) is 3. The maximum atomic E-state index is 5.33. The molecule has 25 heavy (non-hydrogen) atoms. The van der Waals surface area contributed by atoms with Gasteiger partial charge in [-0.3, -0.25) is 10.3 Å². The molecule has 1 aliphatic heterocycles. The van der Waals surface area contributed by atoms with E-state index in [4.69, 9.17) is 12.2 Å². The lowest BCUT2D eigenvalue weighted by atomic mass is 10.1. The molecule has 2 aromatic rings. The van der Waals surface area contributed by atoms with Crippen molar-refractivity contribution in [2.75, 3.05) is 18.4 Å². The summed E-state index contributed by atoms with van der Waals surface area (Å²) in [5.74, 6) is 0. The van der Waals surface area contributed by atoms with E-state index in [0.717, 1.165) is 43.7 Å². The minimum absolute atomic E-state index is 0.536. The van der Waals surface area contributed by atoms with Crippen molar-refractivity contribution in [3.05, 3.63) is 65.7 Å². The van der Waals surface area contributed by atoms with Gasteiger partial charge in [-0.25, -0.2) is 0 Å². The Morgan fingerprint density at radius 3 is 2.44 bits per heavy atom. The molecule has 1 fully saturated rings. The Morgan fingerprint density at radius 1 is 1.04 bits per heavy atom. The second kappa shape index (κ2) is 8.74. The molecule has 0 radical (unpaired) electrons. The minimum Gasteiger partial charge on any atom is -0.331 e. The van der Waals surface area contributed by atoms with Gasteiger partial charge in [0.1, 0.15) is 0 Å². The summed E-state index contributed by atoms with van der Waals surface area (Å²) in [6.45, 7) is 5.13. The molecule has 0 saturated carbocycles. The Labute approximate surface area is 154 Å². The second-order valence-corrected chi connectivity index (χ2v) is 6.73. The van der Waals surface area contributed by atoms with Crippen molar-refractivity contribution in [1.82, 2.24) is 10.3 Å². The highest BCUT2D eigenvalue weighted by Gasteiger charge is 2.15. The highest BCUT2D eigenvalue weighted by molar-refractivity contribution is 7.80. The van der Waals surface area contributed by atoms with Crippen LogP contribution in [-0.2, 0) is 6.54 Å². The Balaban J connectivity index is 1.45. The Morgan fingerprint density at radius 2 is 1.72 bits per heavy atom. The van der Waals surface area contributed by atoms with E-state index in [2.05, 4.69) is 64.1 Å². The summed E-state index contributed by atoms with van der Waals surface area (Å²) in [6.07, 6.45) is 1.96. The predicted octanol–water partition coefficient (Wildman–Crippen LogP) is 3.93. The quantitative estimate of drug-likeness (QED) is 0.646. The van der Waals surface area contributed by atoms with Crippen LogP contribution in [0.4, 0.5) is 5.69 Å². The van der Waals surface area contributed by atoms with Gasteiger partial charge in [0.25, 0.3) is 0 Å². The van der Waals surface area contributed by atoms with Crippen molar-refractivity contribution in [3.63, 3.8) is 0 Å². The fraction of sp³-hybridized carbons (Fsp3) is 0.300. The third kappa shape index (κ3) is 5.37. The topological polar surface area (TPSA) is 39.7 Å². The van der Waals surface area contributed by atoms with Crippen LogP contribution < -0.4 is 10.7 Å². The van der Waals surface area contributed by atoms with Crippen LogP contribution in [0.1, 0.15) is 24.0 Å². The average molecular weight is 353 g/mol. The lowest BCUT2D eigenvalue weighted by Crippen LogP contribution is -2.35. The molecule has 0 spiro atoms. The van der Waals surface area contributed by atoms with E-state index in [0.29, 0.717) is 5.11 Å². The number of nitrogens with zero attached hydrogens (tertiary/aromatic N) is 2. The van der Waals surface area contributed by atoms with Gasteiger partial charge >= 0.3 is 0 Å². The number of benzene rings is 2. The third-order valence-corrected chi connectivity index (χ3v) is 4.58. The van der Waals surface area contributed by atoms with Crippen molar-refractivity contribution in [1.29, 1.82) is 0 Å². The molecule has 0 aliphatic carbocycles. The molecular formula is C20H24N4S. The van der Waals surface area contributed by atoms with E-state index in [9.17, 15) is 0 Å². The van der Waals surface area contributed by atoms with Crippen molar-refractivity contribution in [3.8, 4) is 0 Å². The first kappa shape index (κ1) is 17.6. The molecule has 2 N–H and O–H groups in total. The smallest absolute Gasteiger partial charge is 0.191 e. The van der Waals surface area contributed by atoms with Gasteiger partial charge in [0, 0.05) is 43.9 Å². The zero-order valence-corrected chi connectivity index (χ0v) is 15.4. The fourth-order valence-electron chi connectivity index (χ4n) is 2.92. The van der Waals surface area contributed by atoms with E-state index >= 15 is 0 Å². The Kier molecular flexibility index (Phi) is 6.14. The molecule has 1 aliphatic rings. The van der Waals surface area contributed by atoms with Gasteiger partial charge in [0.2, 0.25) is 0 Å². The standard InChI is InChI=1S/C20H24N4S/c1-16-7-5-6-10-19(16)21-20(25)23-22-18-11-13-24(14-12-18)15-17-8-3-2-4-9-17/h2-10H,11-15H2,1H3,(H2,21,23,25). The van der Waals surface area contributed by atoms with Gasteiger partial charge in [-0.1, -0.05) is 48.5 Å². The number of para-hydroxylation sites is 1. The first-order chi connectivity index (χ1) is 12.2. The molecule has 0 aromatic heterocycles. The molecule has 0 bridgehead atoms. The number of likely N-dealkylation sites (tertiary alicyclic amines) is 1. The number of thiocarbonyl (C=S) groups is 1. The van der Waals surface area contributed by atoms with Gasteiger partial charge in [0.15, 0.2) is 5.11 Å². The van der Waals surface area contributed by atoms with Crippen molar-refractivity contribution in [2.24, 2.45) is 5.10 Å². The number of anilines is 1. The molecule has 1 saturated heterocycles. The second-order valence-electron chi connectivity index (χ2n) is 6.32. The highest BCUT2D eigenvalue weighted by atomic mass is 32.1. The van der Waals surface area contributed by atoms with Gasteiger partial charge < -0.3 is 5.32 Å². The molecule has 0 amide bonds. The van der Waals surface area contributed by atoms with E-state index in [-0.39, 0.29) is 0 Å². The molecule has 4 nitrogen and oxygen atoms in total. The number of piperidine rings is 1. The number of nitrogens with one attached hydrogen (secondary N) is 2. The third-order valence-electron chi connectivity index (χ3n) is 4.39. The van der Waals surface area contributed by atoms with Gasteiger partial charge in [-0.05, 0) is 36.3 Å². The van der Waals surface area contributed by atoms with Crippen LogP contribution in [0, 0.1) is 6.92 Å². The average Bonchev–Trinajstić information content (AvgIpc) is 2.64. The largest absolute Gasteiger partial charge is 0.331 e. The lowest BCUT2D eigenvalue weighted by Gasteiger charge is -2.27. The maximum absolute atomic E-state index is 5.33. The van der Waals surface area contributed by atoms with Gasteiger partial charge in [-0.2, -0.15) is 5.10 Å². The van der Waals surface area contributed by atoms with Gasteiger partial charge in [0.05, 0.1) is 0 Å². The SMILES string of the molecule is Cc1ccccc1NC(=S)NN=C1CCN(Cc2ccccc2)CC1. The summed E-state index contributed by atoms with van der Waals surface area (Å²) in [7, 11) is 0. The number of hydrogen-bond donors (Lipinski definition) is 2. The summed E-state index contributed by atoms with van der Waals surface area (Å²) in [4.78, 5) is 2.47. The molecule has 0 atom stereocenters. The molecule has 0 unspecified atom stereocenters. The maximum Gasteiger partial charge on any atom is 0.191 e. The summed E-state index contributed by atoms with van der Waals surface area (Å²) in [5.41, 5.74) is 7.70. The first-order valence-corrected chi connectivity index (χ1v) is 9.06. The number of rotatable bonds is 4. The predicted molar refractivity (Wildman–Crippen MR) is 109 cm³/mol. The summed E-state index contributed by atoms with van der Waals surface area (Å²) < 4.78 is 0. The van der Waals surface area contributed by atoms with Crippen LogP contribution >= 0.6 is 12.2 Å². The van der Waals surface area contributed by atoms with Crippen molar-refractivity contribution >= 4 is 28.7 Å². The molecule has 3 rings (SSSR count). The highest BCUT2D eigenvalue weighted by Crippen LogP contribution is 2.13. The van der Waals surface area contributed by atoms with Crippen molar-refractivity contribution in [2.45, 2.75) is 26.3 Å². The van der Waals surface area contributed by atoms with E-state index < -0.39 is 0 Å². The molecule has 2 aromatic carbocycles. The van der Waals surface area contributed by atoms with Crippen LogP contribution in [-0.4, -0.2) is 28.8 Å². The van der Waals surface area contributed by atoms with Crippen molar-refractivity contribution < 1.29 is 0 Å². The Hall–Kier alpha value is -2.24. The van der Waals surface area contributed by atoms with Gasteiger partial charge in [-0.15, -0.1) is 0 Å². The van der Waals surface area contributed by atoms with Crippen LogP contribution in [0.2, 0.25) is 0 Å². The normalized spacial score (nSPS) is 14.8. The fourth-order valence-corrected chi connectivity index (χ4v) is 3.07. The van der Waals surface area contributed by atoms with Crippen LogP contribution in [0.25, 0.3) is 0 Å². The summed E-state index contributed by atoms with van der Waals surface area (Å²) in [6, 6.07) is 18.7. The van der Waals surface area contributed by atoms with Crippen LogP contribution in [0.15, 0.2) is 59.7 Å². The van der Waals surface area contributed by atoms with Crippen LogP contribution in [0.3, 0.4) is 0 Å². The summed E-state index contributed by atoms with van der Waals surface area (Å²) >= 11 is 5.33. The van der Waals surface area contributed by atoms with Crippen LogP contribution in [0.5, 0.6) is 0 Å². The zero-order chi connectivity index (χ0) is 17.5. The molecule has 130 valence electrons. The van der Waals surface area contributed by atoms with E-state index in [1.807, 2.05) is 18.2 Å². The Bertz CT molecular complexity index is 732. The number of aryl methyl sites for hydroxylation is 1. The molecule has 1 heterocycles. The lowest BCUT2D eigenvalue weighted by molar-refractivity contribution is 0.266. The molecule has 5 heteroatoms. The van der Waals surface area contributed by atoms with E-state index in [1.165, 1.54) is 11.3 Å². The minimum atomic E-state index is 0.536.